The molecule has 0 spiro atoms. The van der Waals surface area contributed by atoms with Gasteiger partial charge in [-0.25, -0.2) is 0 Å². The van der Waals surface area contributed by atoms with Crippen LogP contribution in [-0.4, -0.2) is 0 Å². The van der Waals surface area contributed by atoms with E-state index < -0.39 is 0 Å². The van der Waals surface area contributed by atoms with E-state index in [4.69, 9.17) is 4.74 Å². The number of benzene rings is 4. The van der Waals surface area contributed by atoms with E-state index in [0.29, 0.717) is 0 Å². The quantitative estimate of drug-likeness (QED) is 0.148. The predicted molar refractivity (Wildman–Crippen MR) is 161 cm³/mol. The molecule has 2 atom stereocenters. The standard InChI is InChI=1S/C30H26Br4O/c31-17-21-11-22(18-32)14-27(13-21)29(25-7-3-1-4-8-25)35-30(26-9-5-2-6-10-26)28-15-23(19-33)12-24(16-28)20-34/h1-16,29-30H,17-20H2. The lowest BCUT2D eigenvalue weighted by Gasteiger charge is -2.28. The Morgan fingerprint density at radius 2 is 0.743 bits per heavy atom. The van der Waals surface area contributed by atoms with Crippen molar-refractivity contribution >= 4 is 63.7 Å². The minimum atomic E-state index is -0.224. The topological polar surface area (TPSA) is 9.23 Å². The molecule has 2 unspecified atom stereocenters. The van der Waals surface area contributed by atoms with E-state index in [2.05, 4.69) is 161 Å². The third kappa shape index (κ3) is 6.95. The van der Waals surface area contributed by atoms with E-state index in [0.717, 1.165) is 43.6 Å². The van der Waals surface area contributed by atoms with Gasteiger partial charge in [-0.3, -0.25) is 0 Å². The molecule has 0 saturated heterocycles. The van der Waals surface area contributed by atoms with Crippen LogP contribution in [0.3, 0.4) is 0 Å². The molecule has 180 valence electrons. The van der Waals surface area contributed by atoms with Gasteiger partial charge < -0.3 is 4.74 Å². The van der Waals surface area contributed by atoms with Crippen molar-refractivity contribution < 1.29 is 4.74 Å². The number of hydrogen-bond donors (Lipinski definition) is 0. The molecule has 35 heavy (non-hydrogen) atoms. The van der Waals surface area contributed by atoms with Crippen LogP contribution < -0.4 is 0 Å². The number of hydrogen-bond acceptors (Lipinski definition) is 1. The largest absolute Gasteiger partial charge is 0.356 e. The molecule has 0 aliphatic carbocycles. The molecule has 0 N–H and O–H groups in total. The first-order valence-electron chi connectivity index (χ1n) is 11.4. The van der Waals surface area contributed by atoms with Gasteiger partial charge >= 0.3 is 0 Å². The van der Waals surface area contributed by atoms with Gasteiger partial charge in [0.25, 0.3) is 0 Å². The first-order valence-corrected chi connectivity index (χ1v) is 15.9. The van der Waals surface area contributed by atoms with E-state index >= 15 is 0 Å². The first-order chi connectivity index (χ1) is 17.1. The summed E-state index contributed by atoms with van der Waals surface area (Å²) in [6.45, 7) is 0. The zero-order chi connectivity index (χ0) is 24.6. The fraction of sp³-hybridized carbons (Fsp3) is 0.200. The number of alkyl halides is 4. The highest BCUT2D eigenvalue weighted by Gasteiger charge is 2.24. The van der Waals surface area contributed by atoms with Gasteiger partial charge in [-0.05, 0) is 44.5 Å². The van der Waals surface area contributed by atoms with Crippen molar-refractivity contribution in [3.63, 3.8) is 0 Å². The number of ether oxygens (including phenoxy) is 1. The van der Waals surface area contributed by atoms with Crippen molar-refractivity contribution in [2.75, 3.05) is 0 Å². The van der Waals surface area contributed by atoms with Crippen LogP contribution >= 0.6 is 63.7 Å². The van der Waals surface area contributed by atoms with Crippen molar-refractivity contribution in [3.05, 3.63) is 142 Å². The van der Waals surface area contributed by atoms with Crippen molar-refractivity contribution in [1.82, 2.24) is 0 Å². The Hall–Kier alpha value is -1.24. The van der Waals surface area contributed by atoms with E-state index in [9.17, 15) is 0 Å². The van der Waals surface area contributed by atoms with E-state index in [1.807, 2.05) is 0 Å². The Balaban J connectivity index is 1.86. The van der Waals surface area contributed by atoms with E-state index in [-0.39, 0.29) is 12.2 Å². The van der Waals surface area contributed by atoms with Crippen molar-refractivity contribution in [1.29, 1.82) is 0 Å². The highest BCUT2D eigenvalue weighted by molar-refractivity contribution is 9.09. The molecule has 0 saturated carbocycles. The van der Waals surface area contributed by atoms with Crippen molar-refractivity contribution in [3.8, 4) is 0 Å². The molecule has 0 amide bonds. The van der Waals surface area contributed by atoms with Gasteiger partial charge in [-0.15, -0.1) is 0 Å². The minimum absolute atomic E-state index is 0.224. The second-order valence-corrected chi connectivity index (χ2v) is 10.7. The van der Waals surface area contributed by atoms with Crippen molar-refractivity contribution in [2.24, 2.45) is 0 Å². The van der Waals surface area contributed by atoms with Gasteiger partial charge in [0, 0.05) is 21.3 Å². The van der Waals surface area contributed by atoms with Crippen LogP contribution in [0.5, 0.6) is 0 Å². The lowest BCUT2D eigenvalue weighted by atomic mass is 9.95. The smallest absolute Gasteiger partial charge is 0.109 e. The molecule has 0 bridgehead atoms. The molecule has 1 nitrogen and oxygen atoms in total. The normalized spacial score (nSPS) is 12.9. The SMILES string of the molecule is BrCc1cc(CBr)cc(C(OC(c2ccccc2)c2cc(CBr)cc(CBr)c2)c2ccccc2)c1. The average molecular weight is 722 g/mol. The second-order valence-electron chi connectivity index (χ2n) is 8.42. The Morgan fingerprint density at radius 3 is 1.03 bits per heavy atom. The zero-order valence-electron chi connectivity index (χ0n) is 19.1. The lowest BCUT2D eigenvalue weighted by Crippen LogP contribution is -2.14. The van der Waals surface area contributed by atoms with Crippen LogP contribution in [0, 0.1) is 0 Å². The molecule has 4 aromatic rings. The highest BCUT2D eigenvalue weighted by Crippen LogP contribution is 2.38. The Morgan fingerprint density at radius 1 is 0.429 bits per heavy atom. The fourth-order valence-electron chi connectivity index (χ4n) is 4.28. The molecule has 4 aromatic carbocycles. The summed E-state index contributed by atoms with van der Waals surface area (Å²) in [4.78, 5) is 0. The van der Waals surface area contributed by atoms with E-state index in [1.165, 1.54) is 22.3 Å². The van der Waals surface area contributed by atoms with Gasteiger partial charge in [-0.1, -0.05) is 161 Å². The first kappa shape index (κ1) is 26.8. The maximum atomic E-state index is 7.13. The van der Waals surface area contributed by atoms with Crippen molar-refractivity contribution in [2.45, 2.75) is 33.5 Å². The van der Waals surface area contributed by atoms with Crippen LogP contribution in [0.4, 0.5) is 0 Å². The Labute approximate surface area is 241 Å². The number of rotatable bonds is 10. The molecule has 5 heteroatoms. The molecular weight excluding hydrogens is 696 g/mol. The third-order valence-electron chi connectivity index (χ3n) is 5.85. The zero-order valence-corrected chi connectivity index (χ0v) is 25.5. The predicted octanol–water partition coefficient (Wildman–Crippen LogP) is 10.2. The van der Waals surface area contributed by atoms with Crippen LogP contribution in [-0.2, 0) is 26.1 Å². The molecule has 0 radical (unpaired) electrons. The highest BCUT2D eigenvalue weighted by atomic mass is 79.9. The van der Waals surface area contributed by atoms with Gasteiger partial charge in [0.05, 0.1) is 0 Å². The maximum absolute atomic E-state index is 7.13. The fourth-order valence-corrected chi connectivity index (χ4v) is 5.58. The summed E-state index contributed by atoms with van der Waals surface area (Å²) in [6.07, 6.45) is -0.448. The summed E-state index contributed by atoms with van der Waals surface area (Å²) in [6, 6.07) is 34.5. The summed E-state index contributed by atoms with van der Waals surface area (Å²) in [5.74, 6) is 0. The molecule has 0 aliphatic heterocycles. The van der Waals surface area contributed by atoms with Gasteiger partial charge in [0.15, 0.2) is 0 Å². The molecule has 0 fully saturated rings. The van der Waals surface area contributed by atoms with Gasteiger partial charge in [-0.2, -0.15) is 0 Å². The van der Waals surface area contributed by atoms with Crippen LogP contribution in [0.1, 0.15) is 56.7 Å². The summed E-state index contributed by atoms with van der Waals surface area (Å²) < 4.78 is 7.13. The van der Waals surface area contributed by atoms with Gasteiger partial charge in [0.2, 0.25) is 0 Å². The van der Waals surface area contributed by atoms with Gasteiger partial charge in [0.1, 0.15) is 12.2 Å². The average Bonchev–Trinajstić information content (AvgIpc) is 2.93. The minimum Gasteiger partial charge on any atom is -0.356 e. The second kappa shape index (κ2) is 13.3. The molecule has 0 aromatic heterocycles. The maximum Gasteiger partial charge on any atom is 0.109 e. The molecule has 0 heterocycles. The van der Waals surface area contributed by atoms with Crippen LogP contribution in [0.2, 0.25) is 0 Å². The summed E-state index contributed by atoms with van der Waals surface area (Å²) in [5.41, 5.74) is 9.53. The van der Waals surface area contributed by atoms with E-state index in [1.54, 1.807) is 0 Å². The summed E-state index contributed by atoms with van der Waals surface area (Å²) >= 11 is 14.6. The number of halogens is 4. The third-order valence-corrected chi connectivity index (χ3v) is 8.44. The molecule has 0 aliphatic rings. The Kier molecular flexibility index (Phi) is 10.2. The summed E-state index contributed by atoms with van der Waals surface area (Å²) in [5, 5.41) is 3.19. The summed E-state index contributed by atoms with van der Waals surface area (Å²) in [7, 11) is 0. The molecule has 4 rings (SSSR count). The lowest BCUT2D eigenvalue weighted by molar-refractivity contribution is 0.0307. The van der Waals surface area contributed by atoms with Crippen LogP contribution in [0.25, 0.3) is 0 Å². The van der Waals surface area contributed by atoms with Crippen LogP contribution in [0.15, 0.2) is 97.1 Å². The Bertz CT molecular complexity index is 1090. The monoisotopic (exact) mass is 718 g/mol. The molecular formula is C30H26Br4O.